The fraction of sp³-hybridized carbons (Fsp3) is 0.458. The van der Waals surface area contributed by atoms with Crippen molar-refractivity contribution in [1.29, 1.82) is 0 Å². The van der Waals surface area contributed by atoms with Crippen molar-refractivity contribution in [3.63, 3.8) is 0 Å². The van der Waals surface area contributed by atoms with E-state index in [2.05, 4.69) is 15.3 Å². The second-order valence-electron chi connectivity index (χ2n) is 8.51. The molecular weight excluding hydrogens is 442 g/mol. The summed E-state index contributed by atoms with van der Waals surface area (Å²) < 4.78 is 11.3. The largest absolute Gasteiger partial charge is 0.502 e. The van der Waals surface area contributed by atoms with Crippen LogP contribution in [0.4, 0.5) is 0 Å². The van der Waals surface area contributed by atoms with Gasteiger partial charge in [-0.25, -0.2) is 4.98 Å². The Balaban J connectivity index is 1.61. The molecule has 1 unspecified atom stereocenters. The van der Waals surface area contributed by atoms with Gasteiger partial charge in [0.15, 0.2) is 5.76 Å². The number of aromatic nitrogens is 2. The quantitative estimate of drug-likeness (QED) is 0.460. The topological polar surface area (TPSA) is 117 Å². The minimum Gasteiger partial charge on any atom is -0.502 e. The van der Waals surface area contributed by atoms with Crippen molar-refractivity contribution in [2.75, 3.05) is 25.2 Å². The maximum absolute atomic E-state index is 13.3. The number of hydrogen-bond acceptors (Lipinski definition) is 7. The lowest BCUT2D eigenvalue weighted by Crippen LogP contribution is -2.41. The number of carbonyl (C=O) groups excluding carboxylic acids is 1. The first-order valence-electron chi connectivity index (χ1n) is 11.1. The molecule has 1 amide bonds. The van der Waals surface area contributed by atoms with Crippen molar-refractivity contribution in [3.8, 4) is 5.75 Å². The Hall–Kier alpha value is -2.78. The summed E-state index contributed by atoms with van der Waals surface area (Å²) >= 11 is 1.70. The lowest BCUT2D eigenvalue weighted by molar-refractivity contribution is -0.124. The highest BCUT2D eigenvalue weighted by Gasteiger charge is 2.42. The van der Waals surface area contributed by atoms with Gasteiger partial charge in [-0.1, -0.05) is 12.1 Å². The Morgan fingerprint density at radius 2 is 2.09 bits per heavy atom. The van der Waals surface area contributed by atoms with Crippen LogP contribution < -0.4 is 10.7 Å². The molecule has 0 bridgehead atoms. The summed E-state index contributed by atoms with van der Waals surface area (Å²) in [6.07, 6.45) is 3.76. The zero-order valence-electron chi connectivity index (χ0n) is 18.8. The number of para-hydroxylation sites is 2. The summed E-state index contributed by atoms with van der Waals surface area (Å²) in [7, 11) is 0. The summed E-state index contributed by atoms with van der Waals surface area (Å²) in [6.45, 7) is 2.51. The number of aromatic amines is 1. The van der Waals surface area contributed by atoms with Crippen LogP contribution in [0.2, 0.25) is 0 Å². The number of hydrogen-bond donors (Lipinski definition) is 3. The number of carbonyl (C=O) groups is 1. The number of thioether (sulfide) groups is 1. The van der Waals surface area contributed by atoms with Crippen LogP contribution in [-0.2, 0) is 14.9 Å². The van der Waals surface area contributed by atoms with E-state index in [1.807, 2.05) is 30.5 Å². The van der Waals surface area contributed by atoms with E-state index in [1.165, 1.54) is 6.07 Å². The lowest BCUT2D eigenvalue weighted by atomic mass is 9.74. The van der Waals surface area contributed by atoms with Gasteiger partial charge in [0.2, 0.25) is 17.1 Å². The molecule has 1 aliphatic rings. The van der Waals surface area contributed by atoms with E-state index in [1.54, 1.807) is 18.7 Å². The zero-order chi connectivity index (χ0) is 23.4. The predicted octanol–water partition coefficient (Wildman–Crippen LogP) is 3.58. The molecule has 1 atom stereocenters. The monoisotopic (exact) mass is 471 g/mol. The number of imidazole rings is 1. The van der Waals surface area contributed by atoms with Crippen LogP contribution in [0.25, 0.3) is 11.0 Å². The van der Waals surface area contributed by atoms with Crippen LogP contribution in [0.3, 0.4) is 0 Å². The molecule has 9 heteroatoms. The average Bonchev–Trinajstić information content (AvgIpc) is 3.23. The van der Waals surface area contributed by atoms with Gasteiger partial charge in [0.05, 0.1) is 17.1 Å². The maximum atomic E-state index is 13.3. The molecule has 0 aliphatic carbocycles. The molecule has 33 heavy (non-hydrogen) atoms. The van der Waals surface area contributed by atoms with Crippen molar-refractivity contribution in [2.45, 2.75) is 44.1 Å². The number of aromatic hydroxyl groups is 1. The number of ether oxygens (including phenoxy) is 1. The Labute approximate surface area is 196 Å². The molecule has 1 saturated heterocycles. The first-order chi connectivity index (χ1) is 15.9. The predicted molar refractivity (Wildman–Crippen MR) is 128 cm³/mol. The van der Waals surface area contributed by atoms with E-state index in [4.69, 9.17) is 9.15 Å². The molecule has 2 aromatic heterocycles. The van der Waals surface area contributed by atoms with Gasteiger partial charge in [-0.15, -0.1) is 0 Å². The van der Waals surface area contributed by atoms with E-state index in [9.17, 15) is 14.7 Å². The Morgan fingerprint density at radius 3 is 2.82 bits per heavy atom. The number of nitrogens with zero attached hydrogens (tertiary/aromatic N) is 1. The van der Waals surface area contributed by atoms with Crippen LogP contribution in [0.5, 0.6) is 5.75 Å². The van der Waals surface area contributed by atoms with Crippen molar-refractivity contribution in [2.24, 2.45) is 0 Å². The van der Waals surface area contributed by atoms with Gasteiger partial charge in [-0.05, 0) is 50.3 Å². The summed E-state index contributed by atoms with van der Waals surface area (Å²) in [4.78, 5) is 33.6. The smallest absolute Gasteiger partial charge is 0.227 e. The van der Waals surface area contributed by atoms with Gasteiger partial charge in [0.1, 0.15) is 11.6 Å². The standard InChI is InChI=1S/C24H29N3O5S/c1-15-13-19(28)21(30)22(32-15)24(8-10-31-11-9-24)14-20(29)25-18(7-12-33-2)23-26-16-5-3-4-6-17(16)27-23/h3-6,13,18,30H,7-12,14H2,1-2H3,(H,25,29)(H,26,27). The van der Waals surface area contributed by atoms with E-state index in [0.29, 0.717) is 44.1 Å². The highest BCUT2D eigenvalue weighted by atomic mass is 32.2. The summed E-state index contributed by atoms with van der Waals surface area (Å²) in [5.41, 5.74) is 0.460. The van der Waals surface area contributed by atoms with Crippen molar-refractivity contribution in [1.82, 2.24) is 15.3 Å². The SMILES string of the molecule is CSCCC(NC(=O)CC1(c2oc(C)cc(=O)c2O)CCOCC1)c1nc2ccccc2[nH]1. The normalized spacial score (nSPS) is 16.5. The van der Waals surface area contributed by atoms with Crippen molar-refractivity contribution in [3.05, 3.63) is 57.9 Å². The molecule has 1 aromatic carbocycles. The number of nitrogens with one attached hydrogen (secondary N) is 2. The van der Waals surface area contributed by atoms with Crippen LogP contribution in [0.1, 0.15) is 49.1 Å². The number of fused-ring (bicyclic) bond motifs is 1. The molecular formula is C24H29N3O5S. The summed E-state index contributed by atoms with van der Waals surface area (Å²) in [5, 5.41) is 13.6. The zero-order valence-corrected chi connectivity index (χ0v) is 19.7. The molecule has 1 aliphatic heterocycles. The molecule has 4 rings (SSSR count). The van der Waals surface area contributed by atoms with Crippen LogP contribution in [-0.4, -0.2) is 46.2 Å². The molecule has 3 heterocycles. The molecule has 1 fully saturated rings. The third-order valence-electron chi connectivity index (χ3n) is 6.16. The van der Waals surface area contributed by atoms with Crippen LogP contribution >= 0.6 is 11.8 Å². The van der Waals surface area contributed by atoms with Gasteiger partial charge in [-0.3, -0.25) is 9.59 Å². The van der Waals surface area contributed by atoms with Gasteiger partial charge in [0.25, 0.3) is 0 Å². The summed E-state index contributed by atoms with van der Waals surface area (Å²) in [5.74, 6) is 1.53. The highest BCUT2D eigenvalue weighted by Crippen LogP contribution is 2.41. The minimum absolute atomic E-state index is 0.0757. The average molecular weight is 472 g/mol. The van der Waals surface area contributed by atoms with Gasteiger partial charge in [-0.2, -0.15) is 11.8 Å². The Kier molecular flexibility index (Phi) is 7.09. The van der Waals surface area contributed by atoms with Gasteiger partial charge in [0, 0.05) is 31.1 Å². The molecule has 0 radical (unpaired) electrons. The van der Waals surface area contributed by atoms with E-state index < -0.39 is 16.6 Å². The first-order valence-corrected chi connectivity index (χ1v) is 12.5. The highest BCUT2D eigenvalue weighted by molar-refractivity contribution is 7.98. The third kappa shape index (κ3) is 5.09. The molecule has 3 N–H and O–H groups in total. The fourth-order valence-electron chi connectivity index (χ4n) is 4.41. The second-order valence-corrected chi connectivity index (χ2v) is 9.49. The molecule has 8 nitrogen and oxygen atoms in total. The number of amides is 1. The van der Waals surface area contributed by atoms with Gasteiger partial charge < -0.3 is 24.6 Å². The van der Waals surface area contributed by atoms with E-state index in [0.717, 1.165) is 16.8 Å². The van der Waals surface area contributed by atoms with Crippen LogP contribution in [0.15, 0.2) is 39.5 Å². The second kappa shape index (κ2) is 10.0. The molecule has 3 aromatic rings. The minimum atomic E-state index is -0.810. The summed E-state index contributed by atoms with van der Waals surface area (Å²) in [6, 6.07) is 8.73. The van der Waals surface area contributed by atoms with E-state index in [-0.39, 0.29) is 24.1 Å². The Morgan fingerprint density at radius 1 is 1.33 bits per heavy atom. The first kappa shape index (κ1) is 23.4. The van der Waals surface area contributed by atoms with Crippen LogP contribution in [0, 0.1) is 6.92 Å². The third-order valence-corrected chi connectivity index (χ3v) is 6.80. The van der Waals surface area contributed by atoms with Gasteiger partial charge >= 0.3 is 0 Å². The molecule has 0 saturated carbocycles. The van der Waals surface area contributed by atoms with Crippen molar-refractivity contribution >= 4 is 28.7 Å². The van der Waals surface area contributed by atoms with Crippen molar-refractivity contribution < 1.29 is 19.1 Å². The fourth-order valence-corrected chi connectivity index (χ4v) is 4.88. The number of H-pyrrole nitrogens is 1. The molecule has 176 valence electrons. The number of aryl methyl sites for hydroxylation is 1. The van der Waals surface area contributed by atoms with E-state index >= 15 is 0 Å². The number of rotatable bonds is 8. The molecule has 0 spiro atoms. The maximum Gasteiger partial charge on any atom is 0.227 e. The lowest BCUT2D eigenvalue weighted by Gasteiger charge is -2.36. The Bertz CT molecular complexity index is 1150. The number of benzene rings is 1.